The van der Waals surface area contributed by atoms with Crippen LogP contribution in [-0.2, 0) is 29.1 Å². The number of nitrogens with zero attached hydrogens (tertiary/aromatic N) is 1. The average molecular weight is 330 g/mol. The maximum absolute atomic E-state index is 12.3. The van der Waals surface area contributed by atoms with E-state index in [0.717, 1.165) is 28.4 Å². The molecular formula is C18H22N2O2S. The van der Waals surface area contributed by atoms with Crippen LogP contribution in [0.25, 0.3) is 0 Å². The fourth-order valence-corrected chi connectivity index (χ4v) is 4.15. The van der Waals surface area contributed by atoms with Crippen molar-refractivity contribution in [3.05, 3.63) is 51.0 Å². The lowest BCUT2D eigenvalue weighted by atomic mass is 9.97. The third-order valence-electron chi connectivity index (χ3n) is 4.34. The second kappa shape index (κ2) is 7.23. The van der Waals surface area contributed by atoms with Crippen LogP contribution in [0.2, 0.25) is 0 Å². The van der Waals surface area contributed by atoms with Crippen molar-refractivity contribution in [1.29, 1.82) is 0 Å². The van der Waals surface area contributed by atoms with Crippen molar-refractivity contribution >= 4 is 17.2 Å². The minimum atomic E-state index is 0.118. The molecule has 1 amide bonds. The second-order valence-electron chi connectivity index (χ2n) is 5.96. The number of fused-ring (bicyclic) bond motifs is 1. The Kier molecular flexibility index (Phi) is 5.08. The summed E-state index contributed by atoms with van der Waals surface area (Å²) in [6.07, 6.45) is 2.73. The van der Waals surface area contributed by atoms with Gasteiger partial charge in [0.25, 0.3) is 0 Å². The highest BCUT2D eigenvalue weighted by atomic mass is 32.1. The molecule has 5 heteroatoms. The highest BCUT2D eigenvalue weighted by Crippen LogP contribution is 2.35. The van der Waals surface area contributed by atoms with Crippen molar-refractivity contribution in [2.24, 2.45) is 0 Å². The van der Waals surface area contributed by atoms with Crippen molar-refractivity contribution in [2.45, 2.75) is 45.3 Å². The maximum Gasteiger partial charge on any atom is 0.220 e. The molecule has 0 bridgehead atoms. The number of aryl methyl sites for hydroxylation is 2. The number of thiazole rings is 1. The van der Waals surface area contributed by atoms with Crippen LogP contribution in [0, 0.1) is 6.92 Å². The van der Waals surface area contributed by atoms with E-state index in [1.54, 1.807) is 18.4 Å². The molecule has 2 aromatic rings. The molecule has 0 fully saturated rings. The Hall–Kier alpha value is -1.72. The molecule has 1 aromatic carbocycles. The van der Waals surface area contributed by atoms with Crippen LogP contribution < -0.4 is 5.32 Å². The smallest absolute Gasteiger partial charge is 0.220 e. The van der Waals surface area contributed by atoms with Crippen molar-refractivity contribution in [1.82, 2.24) is 10.3 Å². The van der Waals surface area contributed by atoms with E-state index in [-0.39, 0.29) is 5.91 Å². The van der Waals surface area contributed by atoms with Crippen LogP contribution >= 0.6 is 11.3 Å². The number of hydrogen-bond acceptors (Lipinski definition) is 4. The minimum Gasteiger partial charge on any atom is -0.378 e. The number of methoxy groups -OCH3 is 1. The Bertz CT molecular complexity index is 696. The van der Waals surface area contributed by atoms with Crippen LogP contribution in [0.1, 0.15) is 45.5 Å². The number of ether oxygens (including phenoxy) is 1. The standard InChI is InChI=1S/C18H22N2O2S/c1-12-16(23-18(20-12)11-22-2)10-19-17(21)9-14-8-7-13-5-3-4-6-15(13)14/h3-6,14H,7-11H2,1-2H3,(H,19,21)/t14-/m0/s1. The minimum absolute atomic E-state index is 0.118. The predicted octanol–water partition coefficient (Wildman–Crippen LogP) is 3.33. The normalized spacial score (nSPS) is 16.3. The molecule has 3 rings (SSSR count). The van der Waals surface area contributed by atoms with E-state index in [1.165, 1.54) is 11.1 Å². The Morgan fingerprint density at radius 1 is 1.43 bits per heavy atom. The van der Waals surface area contributed by atoms with Crippen LogP contribution in [0.5, 0.6) is 0 Å². The lowest BCUT2D eigenvalue weighted by molar-refractivity contribution is -0.121. The van der Waals surface area contributed by atoms with Gasteiger partial charge in [-0.05, 0) is 36.8 Å². The summed E-state index contributed by atoms with van der Waals surface area (Å²) in [7, 11) is 1.66. The number of rotatable bonds is 6. The van der Waals surface area contributed by atoms with Gasteiger partial charge in [-0.25, -0.2) is 4.98 Å². The average Bonchev–Trinajstić information content (AvgIpc) is 3.10. The van der Waals surface area contributed by atoms with Crippen molar-refractivity contribution in [3.8, 4) is 0 Å². The number of benzene rings is 1. The summed E-state index contributed by atoms with van der Waals surface area (Å²) in [5.41, 5.74) is 3.72. The number of nitrogens with one attached hydrogen (secondary N) is 1. The first-order valence-corrected chi connectivity index (χ1v) is 8.77. The van der Waals surface area contributed by atoms with Gasteiger partial charge >= 0.3 is 0 Å². The summed E-state index contributed by atoms with van der Waals surface area (Å²) >= 11 is 1.61. The van der Waals surface area contributed by atoms with E-state index in [1.807, 2.05) is 6.92 Å². The molecule has 0 saturated carbocycles. The highest BCUT2D eigenvalue weighted by molar-refractivity contribution is 7.11. The van der Waals surface area contributed by atoms with Crippen LogP contribution in [0.4, 0.5) is 0 Å². The molecule has 1 heterocycles. The summed E-state index contributed by atoms with van der Waals surface area (Å²) in [4.78, 5) is 17.8. The highest BCUT2D eigenvalue weighted by Gasteiger charge is 2.24. The predicted molar refractivity (Wildman–Crippen MR) is 91.5 cm³/mol. The molecule has 1 atom stereocenters. The van der Waals surface area contributed by atoms with Gasteiger partial charge in [-0.2, -0.15) is 0 Å². The number of hydrogen-bond donors (Lipinski definition) is 1. The van der Waals surface area contributed by atoms with Gasteiger partial charge in [0, 0.05) is 18.4 Å². The van der Waals surface area contributed by atoms with Crippen LogP contribution in [0.3, 0.4) is 0 Å². The van der Waals surface area contributed by atoms with Crippen LogP contribution in [-0.4, -0.2) is 18.0 Å². The Morgan fingerprint density at radius 3 is 3.09 bits per heavy atom. The monoisotopic (exact) mass is 330 g/mol. The molecule has 0 saturated heterocycles. The molecule has 122 valence electrons. The van der Waals surface area contributed by atoms with Gasteiger partial charge in [0.1, 0.15) is 5.01 Å². The van der Waals surface area contributed by atoms with E-state index in [9.17, 15) is 4.79 Å². The number of carbonyl (C=O) groups is 1. The number of amides is 1. The molecule has 1 aromatic heterocycles. The van der Waals surface area contributed by atoms with Crippen molar-refractivity contribution < 1.29 is 9.53 Å². The van der Waals surface area contributed by atoms with Crippen molar-refractivity contribution in [2.75, 3.05) is 7.11 Å². The topological polar surface area (TPSA) is 51.2 Å². The fraction of sp³-hybridized carbons (Fsp3) is 0.444. The zero-order valence-electron chi connectivity index (χ0n) is 13.6. The molecule has 0 radical (unpaired) electrons. The first kappa shape index (κ1) is 16.1. The zero-order chi connectivity index (χ0) is 16.2. The number of aromatic nitrogens is 1. The second-order valence-corrected chi connectivity index (χ2v) is 7.13. The lowest BCUT2D eigenvalue weighted by Crippen LogP contribution is -2.24. The largest absolute Gasteiger partial charge is 0.378 e. The molecule has 4 nitrogen and oxygen atoms in total. The van der Waals surface area contributed by atoms with E-state index >= 15 is 0 Å². The molecule has 1 aliphatic carbocycles. The lowest BCUT2D eigenvalue weighted by Gasteiger charge is -2.11. The van der Waals surface area contributed by atoms with Crippen molar-refractivity contribution in [3.63, 3.8) is 0 Å². The summed E-state index contributed by atoms with van der Waals surface area (Å²) in [5, 5.41) is 4.00. The van der Waals surface area contributed by atoms with Crippen LogP contribution in [0.15, 0.2) is 24.3 Å². The zero-order valence-corrected chi connectivity index (χ0v) is 14.4. The van der Waals surface area contributed by atoms with Gasteiger partial charge in [-0.3, -0.25) is 4.79 Å². The SMILES string of the molecule is COCc1nc(C)c(CNC(=O)C[C@@H]2CCc3ccccc32)s1. The third kappa shape index (κ3) is 3.79. The summed E-state index contributed by atoms with van der Waals surface area (Å²) < 4.78 is 5.10. The molecule has 0 spiro atoms. The van der Waals surface area contributed by atoms with E-state index in [0.29, 0.717) is 25.5 Å². The van der Waals surface area contributed by atoms with Gasteiger partial charge in [-0.15, -0.1) is 11.3 Å². The molecule has 1 aliphatic rings. The van der Waals surface area contributed by atoms with E-state index in [4.69, 9.17) is 4.74 Å². The van der Waals surface area contributed by atoms with Gasteiger partial charge in [-0.1, -0.05) is 24.3 Å². The van der Waals surface area contributed by atoms with Gasteiger partial charge < -0.3 is 10.1 Å². The maximum atomic E-state index is 12.3. The first-order valence-electron chi connectivity index (χ1n) is 7.96. The molecule has 23 heavy (non-hydrogen) atoms. The Labute approximate surface area is 140 Å². The van der Waals surface area contributed by atoms with Gasteiger partial charge in [0.15, 0.2) is 0 Å². The molecule has 0 aliphatic heterocycles. The summed E-state index contributed by atoms with van der Waals surface area (Å²) in [6.45, 7) is 3.06. The summed E-state index contributed by atoms with van der Waals surface area (Å²) in [6, 6.07) is 8.47. The first-order chi connectivity index (χ1) is 11.2. The quantitative estimate of drug-likeness (QED) is 0.884. The number of carbonyl (C=O) groups excluding carboxylic acids is 1. The molecule has 1 N–H and O–H groups in total. The molecule has 0 unspecified atom stereocenters. The van der Waals surface area contributed by atoms with E-state index < -0.39 is 0 Å². The van der Waals surface area contributed by atoms with E-state index in [2.05, 4.69) is 34.6 Å². The van der Waals surface area contributed by atoms with Gasteiger partial charge in [0.05, 0.1) is 18.8 Å². The molecular weight excluding hydrogens is 308 g/mol. The Morgan fingerprint density at radius 2 is 2.26 bits per heavy atom. The van der Waals surface area contributed by atoms with Gasteiger partial charge in [0.2, 0.25) is 5.91 Å². The Balaban J connectivity index is 1.54. The summed E-state index contributed by atoms with van der Waals surface area (Å²) in [5.74, 6) is 0.477. The third-order valence-corrected chi connectivity index (χ3v) is 5.47. The fourth-order valence-electron chi connectivity index (χ4n) is 3.17.